The fourth-order valence-electron chi connectivity index (χ4n) is 2.56. The van der Waals surface area contributed by atoms with Gasteiger partial charge in [-0.15, -0.1) is 0 Å². The fourth-order valence-corrected chi connectivity index (χ4v) is 2.56. The summed E-state index contributed by atoms with van der Waals surface area (Å²) in [7, 11) is 1.52. The maximum absolute atomic E-state index is 13.9. The third kappa shape index (κ3) is 2.68. The van der Waals surface area contributed by atoms with Crippen LogP contribution in [0.2, 0.25) is 0 Å². The topological polar surface area (TPSA) is 75.4 Å². The highest BCUT2D eigenvalue weighted by Crippen LogP contribution is 2.31. The third-order valence-electron chi connectivity index (χ3n) is 3.83. The first-order valence-corrected chi connectivity index (χ1v) is 6.54. The molecule has 0 aliphatic carbocycles. The molecule has 0 saturated carbocycles. The maximum atomic E-state index is 13.9. The van der Waals surface area contributed by atoms with Gasteiger partial charge in [0.2, 0.25) is 5.91 Å². The molecule has 3 N–H and O–H groups in total. The number of benzene rings is 1. The van der Waals surface area contributed by atoms with E-state index in [0.717, 1.165) is 12.1 Å². The summed E-state index contributed by atoms with van der Waals surface area (Å²) < 4.78 is 27.2. The largest absolute Gasteiger partial charge is 0.396 e. The fraction of sp³-hybridized carbons (Fsp3) is 0.429. The molecule has 1 fully saturated rings. The van der Waals surface area contributed by atoms with Crippen LogP contribution >= 0.6 is 0 Å². The molecule has 0 radical (unpaired) electrons. The number of hydrogen-bond donors (Lipinski definition) is 2. The van der Waals surface area contributed by atoms with E-state index in [1.54, 1.807) is 6.92 Å². The molecular formula is C14H17F2N3O2. The van der Waals surface area contributed by atoms with Crippen LogP contribution in [0.15, 0.2) is 12.1 Å². The van der Waals surface area contributed by atoms with E-state index in [4.69, 9.17) is 5.73 Å². The number of hydrogen-bond acceptors (Lipinski definition) is 3. The van der Waals surface area contributed by atoms with E-state index in [2.05, 4.69) is 5.32 Å². The van der Waals surface area contributed by atoms with Crippen molar-refractivity contribution in [2.75, 3.05) is 25.9 Å². The summed E-state index contributed by atoms with van der Waals surface area (Å²) in [5, 5.41) is 2.55. The van der Waals surface area contributed by atoms with E-state index in [1.807, 2.05) is 0 Å². The molecule has 1 aromatic carbocycles. The van der Waals surface area contributed by atoms with E-state index in [9.17, 15) is 18.4 Å². The number of rotatable bonds is 2. The third-order valence-corrected chi connectivity index (χ3v) is 3.83. The minimum absolute atomic E-state index is 0.154. The molecule has 2 amide bonds. The highest BCUT2D eigenvalue weighted by molar-refractivity contribution is 5.96. The van der Waals surface area contributed by atoms with Gasteiger partial charge in [-0.25, -0.2) is 8.78 Å². The molecule has 0 spiro atoms. The second-order valence-electron chi connectivity index (χ2n) is 5.47. The Morgan fingerprint density at radius 2 is 2.05 bits per heavy atom. The summed E-state index contributed by atoms with van der Waals surface area (Å²) in [6.45, 7) is 2.19. The Morgan fingerprint density at radius 1 is 1.38 bits per heavy atom. The van der Waals surface area contributed by atoms with Crippen molar-refractivity contribution < 1.29 is 18.4 Å². The van der Waals surface area contributed by atoms with Gasteiger partial charge >= 0.3 is 0 Å². The Labute approximate surface area is 121 Å². The molecule has 114 valence electrons. The minimum Gasteiger partial charge on any atom is -0.396 e. The Bertz CT molecular complexity index is 606. The summed E-state index contributed by atoms with van der Waals surface area (Å²) in [5.74, 6) is -2.55. The van der Waals surface area contributed by atoms with Gasteiger partial charge in [0, 0.05) is 20.1 Å². The predicted octanol–water partition coefficient (Wildman–Crippen LogP) is 1.15. The van der Waals surface area contributed by atoms with Crippen molar-refractivity contribution in [2.45, 2.75) is 13.3 Å². The van der Waals surface area contributed by atoms with Crippen molar-refractivity contribution in [3.05, 3.63) is 29.3 Å². The smallest absolute Gasteiger partial charge is 0.257 e. The Kier molecular flexibility index (Phi) is 3.85. The van der Waals surface area contributed by atoms with E-state index in [1.165, 1.54) is 11.9 Å². The average molecular weight is 297 g/mol. The molecule has 1 aromatic rings. The number of halogens is 2. The van der Waals surface area contributed by atoms with E-state index in [-0.39, 0.29) is 12.5 Å². The Hall–Kier alpha value is -2.18. The van der Waals surface area contributed by atoms with Gasteiger partial charge in [0.05, 0.1) is 16.7 Å². The second-order valence-corrected chi connectivity index (χ2v) is 5.47. The lowest BCUT2D eigenvalue weighted by Crippen LogP contribution is -2.40. The molecule has 0 bridgehead atoms. The lowest BCUT2D eigenvalue weighted by atomic mass is 9.89. The highest BCUT2D eigenvalue weighted by Gasteiger charge is 2.42. The monoisotopic (exact) mass is 297 g/mol. The maximum Gasteiger partial charge on any atom is 0.257 e. The molecule has 1 aliphatic heterocycles. The zero-order valence-electron chi connectivity index (χ0n) is 11.9. The summed E-state index contributed by atoms with van der Waals surface area (Å²) in [6.07, 6.45) is 0.463. The number of likely N-dealkylation sites (tertiary alicyclic amines) is 1. The lowest BCUT2D eigenvalue weighted by molar-refractivity contribution is -0.128. The Morgan fingerprint density at radius 3 is 2.67 bits per heavy atom. The summed E-state index contributed by atoms with van der Waals surface area (Å²) in [5.41, 5.74) is 3.79. The van der Waals surface area contributed by atoms with Crippen LogP contribution in [0.5, 0.6) is 0 Å². The number of nitrogen functional groups attached to an aromatic ring is 1. The van der Waals surface area contributed by atoms with Crippen LogP contribution < -0.4 is 11.1 Å². The van der Waals surface area contributed by atoms with Gasteiger partial charge in [-0.1, -0.05) is 0 Å². The SMILES string of the molecule is CNC(=O)C1(C)CCN(C(=O)c2cc(F)cc(N)c2F)C1. The molecule has 21 heavy (non-hydrogen) atoms. The van der Waals surface area contributed by atoms with E-state index < -0.39 is 34.2 Å². The number of carbonyl (C=O) groups is 2. The quantitative estimate of drug-likeness (QED) is 0.804. The number of nitrogens with one attached hydrogen (secondary N) is 1. The first kappa shape index (κ1) is 15.2. The molecule has 1 unspecified atom stereocenters. The lowest BCUT2D eigenvalue weighted by Gasteiger charge is -2.23. The summed E-state index contributed by atoms with van der Waals surface area (Å²) >= 11 is 0. The van der Waals surface area contributed by atoms with Gasteiger partial charge in [0.25, 0.3) is 5.91 Å². The van der Waals surface area contributed by atoms with Crippen molar-refractivity contribution in [2.24, 2.45) is 5.41 Å². The van der Waals surface area contributed by atoms with Gasteiger partial charge in [0.15, 0.2) is 5.82 Å². The van der Waals surface area contributed by atoms with Crippen LogP contribution in [0.4, 0.5) is 14.5 Å². The molecule has 1 atom stereocenters. The van der Waals surface area contributed by atoms with Crippen LogP contribution in [0.25, 0.3) is 0 Å². The molecule has 1 heterocycles. The first-order chi connectivity index (χ1) is 9.78. The number of anilines is 1. The molecule has 2 rings (SSSR count). The first-order valence-electron chi connectivity index (χ1n) is 6.54. The van der Waals surface area contributed by atoms with Crippen LogP contribution in [0.3, 0.4) is 0 Å². The van der Waals surface area contributed by atoms with Crippen LogP contribution in [-0.4, -0.2) is 36.9 Å². The van der Waals surface area contributed by atoms with Gasteiger partial charge in [-0.3, -0.25) is 9.59 Å². The molecular weight excluding hydrogens is 280 g/mol. The van der Waals surface area contributed by atoms with Crippen LogP contribution in [0.1, 0.15) is 23.7 Å². The Balaban J connectivity index is 2.25. The predicted molar refractivity (Wildman–Crippen MR) is 73.5 cm³/mol. The zero-order valence-corrected chi connectivity index (χ0v) is 11.9. The standard InChI is InChI=1S/C14H17F2N3O2/c1-14(13(21)18-2)3-4-19(7-14)12(20)9-5-8(15)6-10(17)11(9)16/h5-6H,3-4,7,17H2,1-2H3,(H,18,21). The number of nitrogens with two attached hydrogens (primary N) is 1. The number of nitrogens with zero attached hydrogens (tertiary/aromatic N) is 1. The van der Waals surface area contributed by atoms with Crippen LogP contribution in [0, 0.1) is 17.0 Å². The van der Waals surface area contributed by atoms with Gasteiger partial charge < -0.3 is 16.0 Å². The van der Waals surface area contributed by atoms with Crippen molar-refractivity contribution in [1.29, 1.82) is 0 Å². The average Bonchev–Trinajstić information content (AvgIpc) is 2.85. The van der Waals surface area contributed by atoms with E-state index in [0.29, 0.717) is 13.0 Å². The molecule has 1 saturated heterocycles. The van der Waals surface area contributed by atoms with Crippen molar-refractivity contribution in [3.63, 3.8) is 0 Å². The summed E-state index contributed by atoms with van der Waals surface area (Å²) in [6, 6.07) is 1.65. The molecule has 1 aliphatic rings. The number of carbonyl (C=O) groups excluding carboxylic acids is 2. The van der Waals surface area contributed by atoms with E-state index >= 15 is 0 Å². The number of amides is 2. The minimum atomic E-state index is -0.935. The normalized spacial score (nSPS) is 21.4. The highest BCUT2D eigenvalue weighted by atomic mass is 19.1. The van der Waals surface area contributed by atoms with Crippen LogP contribution in [-0.2, 0) is 4.79 Å². The molecule has 7 heteroatoms. The summed E-state index contributed by atoms with van der Waals surface area (Å²) in [4.78, 5) is 25.5. The second kappa shape index (κ2) is 5.31. The molecule has 5 nitrogen and oxygen atoms in total. The van der Waals surface area contributed by atoms with Crippen molar-refractivity contribution >= 4 is 17.5 Å². The van der Waals surface area contributed by atoms with Crippen molar-refractivity contribution in [3.8, 4) is 0 Å². The van der Waals surface area contributed by atoms with Gasteiger partial charge in [-0.2, -0.15) is 0 Å². The van der Waals surface area contributed by atoms with Gasteiger partial charge in [0.1, 0.15) is 5.82 Å². The van der Waals surface area contributed by atoms with Crippen molar-refractivity contribution in [1.82, 2.24) is 10.2 Å². The zero-order chi connectivity index (χ0) is 15.8. The van der Waals surface area contributed by atoms with Gasteiger partial charge in [-0.05, 0) is 25.5 Å². The molecule has 0 aromatic heterocycles.